The number of cyclic esters (lactones) is 1. The summed E-state index contributed by atoms with van der Waals surface area (Å²) >= 11 is 6.33. The lowest BCUT2D eigenvalue weighted by Gasteiger charge is -2.36. The van der Waals surface area contributed by atoms with Gasteiger partial charge in [-0.3, -0.25) is 4.90 Å². The van der Waals surface area contributed by atoms with Crippen LogP contribution in [0.1, 0.15) is 84.3 Å². The van der Waals surface area contributed by atoms with E-state index in [2.05, 4.69) is 0 Å². The Morgan fingerprint density at radius 1 is 0.923 bits per heavy atom. The second kappa shape index (κ2) is 13.5. The molecular formula is C36H31ClF9NO5. The Morgan fingerprint density at radius 3 is 2.06 bits per heavy atom. The Morgan fingerprint density at radius 2 is 1.54 bits per heavy atom. The van der Waals surface area contributed by atoms with Crippen LogP contribution < -0.4 is 4.74 Å². The summed E-state index contributed by atoms with van der Waals surface area (Å²) < 4.78 is 136. The molecule has 1 N–H and O–H groups in total. The Balaban J connectivity index is 1.63. The number of carboxylic acids is 1. The molecule has 5 rings (SSSR count). The number of carboxylic acid groups (broad SMARTS) is 1. The van der Waals surface area contributed by atoms with Crippen molar-refractivity contribution >= 4 is 29.2 Å². The van der Waals surface area contributed by atoms with Crippen molar-refractivity contribution < 1.29 is 63.7 Å². The Kier molecular flexibility index (Phi) is 10.1. The third-order valence-electron chi connectivity index (χ3n) is 9.34. The van der Waals surface area contributed by atoms with Gasteiger partial charge in [-0.15, -0.1) is 0 Å². The number of methoxy groups -OCH3 is 1. The Labute approximate surface area is 296 Å². The van der Waals surface area contributed by atoms with Gasteiger partial charge in [-0.1, -0.05) is 31.5 Å². The number of halogens is 10. The molecule has 1 saturated heterocycles. The van der Waals surface area contributed by atoms with E-state index < -0.39 is 65.0 Å². The van der Waals surface area contributed by atoms with E-state index in [1.165, 1.54) is 20.1 Å². The highest BCUT2D eigenvalue weighted by atomic mass is 35.5. The quantitative estimate of drug-likeness (QED) is 0.243. The molecule has 2 aliphatic rings. The van der Waals surface area contributed by atoms with Crippen molar-refractivity contribution in [3.63, 3.8) is 0 Å². The summed E-state index contributed by atoms with van der Waals surface area (Å²) in [5, 5.41) is 9.08. The molecule has 1 aliphatic carbocycles. The fraction of sp³-hybridized carbons (Fsp3) is 0.389. The summed E-state index contributed by atoms with van der Waals surface area (Å²) in [5.41, 5.74) is -4.60. The summed E-state index contributed by atoms with van der Waals surface area (Å²) in [7, 11) is 1.18. The predicted molar refractivity (Wildman–Crippen MR) is 172 cm³/mol. The van der Waals surface area contributed by atoms with Crippen LogP contribution in [-0.4, -0.2) is 41.8 Å². The molecule has 280 valence electrons. The zero-order valence-corrected chi connectivity index (χ0v) is 28.7. The normalized spacial score (nSPS) is 19.6. The van der Waals surface area contributed by atoms with E-state index in [1.807, 2.05) is 13.8 Å². The first-order valence-electron chi connectivity index (χ1n) is 15.7. The third kappa shape index (κ3) is 7.83. The van der Waals surface area contributed by atoms with Gasteiger partial charge in [0.1, 0.15) is 11.9 Å². The van der Waals surface area contributed by atoms with Crippen molar-refractivity contribution in [2.75, 3.05) is 13.7 Å². The summed E-state index contributed by atoms with van der Waals surface area (Å²) in [6.07, 6.45) is -16.5. The van der Waals surface area contributed by atoms with Gasteiger partial charge < -0.3 is 14.6 Å². The number of rotatable bonds is 7. The van der Waals surface area contributed by atoms with Gasteiger partial charge >= 0.3 is 30.6 Å². The molecular weight excluding hydrogens is 733 g/mol. The maximum absolute atomic E-state index is 14.5. The molecule has 1 aliphatic heterocycles. The highest BCUT2D eigenvalue weighted by Crippen LogP contribution is 2.50. The number of aromatic carboxylic acids is 1. The van der Waals surface area contributed by atoms with Crippen molar-refractivity contribution in [1.29, 1.82) is 0 Å². The molecule has 1 fully saturated rings. The van der Waals surface area contributed by atoms with Crippen molar-refractivity contribution in [3.8, 4) is 16.9 Å². The number of alkyl halides is 9. The molecule has 52 heavy (non-hydrogen) atoms. The van der Waals surface area contributed by atoms with Crippen LogP contribution in [0.5, 0.6) is 5.75 Å². The molecule has 0 saturated carbocycles. The van der Waals surface area contributed by atoms with Crippen LogP contribution in [0.25, 0.3) is 16.7 Å². The number of nitrogens with zero attached hydrogens (tertiary/aromatic N) is 1. The summed E-state index contributed by atoms with van der Waals surface area (Å²) in [4.78, 5) is 25.9. The molecule has 3 aromatic rings. The smallest absolute Gasteiger partial charge is 0.417 e. The van der Waals surface area contributed by atoms with Crippen LogP contribution in [0, 0.1) is 5.41 Å². The largest absolute Gasteiger partial charge is 0.496 e. The average Bonchev–Trinajstić information content (AvgIpc) is 3.31. The van der Waals surface area contributed by atoms with E-state index in [0.717, 1.165) is 29.2 Å². The van der Waals surface area contributed by atoms with Gasteiger partial charge in [-0.25, -0.2) is 9.59 Å². The minimum absolute atomic E-state index is 0.0245. The monoisotopic (exact) mass is 763 g/mol. The molecule has 2 atom stereocenters. The topological polar surface area (TPSA) is 76.1 Å². The fourth-order valence-corrected chi connectivity index (χ4v) is 6.99. The van der Waals surface area contributed by atoms with E-state index in [1.54, 1.807) is 0 Å². The van der Waals surface area contributed by atoms with Crippen molar-refractivity contribution in [2.24, 2.45) is 5.41 Å². The van der Waals surface area contributed by atoms with Crippen LogP contribution in [0.15, 0.2) is 54.1 Å². The molecule has 0 bridgehead atoms. The van der Waals surface area contributed by atoms with Gasteiger partial charge in [-0.05, 0) is 96.3 Å². The standard InChI is InChI=1S/C36H31ClF9NO5/c1-17-30(19-9-21(34(38,39)40)12-22(10-19)35(41,42)43)52-32(50)47(17)16-20-15-33(2,3)8-7-23(20)26-13-25(27(36(44,45)46)14-29(26)51-4)24-6-5-18(31(48)49)11-28(24)37/h5-6,9-14,17,30H,7-8,15-16H2,1-4H3,(H,48,49)/t17?,30-/m0/s1. The number of hydrogen-bond acceptors (Lipinski definition) is 4. The second-order valence-electron chi connectivity index (χ2n) is 13.5. The molecule has 3 aromatic carbocycles. The van der Waals surface area contributed by atoms with Crippen LogP contribution in [0.3, 0.4) is 0 Å². The highest BCUT2D eigenvalue weighted by Gasteiger charge is 2.45. The molecule has 1 amide bonds. The van der Waals surface area contributed by atoms with E-state index in [-0.39, 0.29) is 51.1 Å². The van der Waals surface area contributed by atoms with Gasteiger partial charge in [0, 0.05) is 22.7 Å². The summed E-state index contributed by atoms with van der Waals surface area (Å²) in [6.45, 7) is 5.06. The third-order valence-corrected chi connectivity index (χ3v) is 9.65. The first-order valence-corrected chi connectivity index (χ1v) is 16.1. The molecule has 0 aromatic heterocycles. The first-order chi connectivity index (χ1) is 23.9. The van der Waals surface area contributed by atoms with Crippen LogP contribution >= 0.6 is 11.6 Å². The minimum Gasteiger partial charge on any atom is -0.496 e. The zero-order valence-electron chi connectivity index (χ0n) is 27.9. The lowest BCUT2D eigenvalue weighted by atomic mass is 9.72. The highest BCUT2D eigenvalue weighted by molar-refractivity contribution is 6.33. The summed E-state index contributed by atoms with van der Waals surface area (Å²) in [6, 6.07) is 5.24. The molecule has 0 radical (unpaired) electrons. The van der Waals surface area contributed by atoms with Crippen LogP contribution in [0.4, 0.5) is 44.3 Å². The number of carbonyl (C=O) groups is 2. The Hall–Kier alpha value is -4.40. The SMILES string of the molecule is COc1cc(C(F)(F)F)c(-c2ccc(C(=O)O)cc2Cl)cc1C1=C(CN2C(=O)O[C@H](c3cc(C(F)(F)F)cc(C(F)(F)F)c3)C2C)CC(C)(C)CC1. The van der Waals surface area contributed by atoms with Gasteiger partial charge in [0.2, 0.25) is 0 Å². The number of allylic oxidation sites excluding steroid dienone is 1. The predicted octanol–water partition coefficient (Wildman–Crippen LogP) is 11.3. The lowest BCUT2D eigenvalue weighted by Crippen LogP contribution is -2.35. The molecule has 1 unspecified atom stereocenters. The molecule has 16 heteroatoms. The van der Waals surface area contributed by atoms with Crippen molar-refractivity contribution in [2.45, 2.75) is 70.7 Å². The second-order valence-corrected chi connectivity index (χ2v) is 13.9. The van der Waals surface area contributed by atoms with Crippen LogP contribution in [-0.2, 0) is 23.3 Å². The van der Waals surface area contributed by atoms with Crippen LogP contribution in [0.2, 0.25) is 5.02 Å². The fourth-order valence-electron chi connectivity index (χ4n) is 6.71. The average molecular weight is 764 g/mol. The number of ether oxygens (including phenoxy) is 2. The van der Waals surface area contributed by atoms with E-state index in [4.69, 9.17) is 21.1 Å². The summed E-state index contributed by atoms with van der Waals surface area (Å²) in [5.74, 6) is -1.51. The van der Waals surface area contributed by atoms with Gasteiger partial charge in [-0.2, -0.15) is 39.5 Å². The lowest BCUT2D eigenvalue weighted by molar-refractivity contribution is -0.143. The molecule has 6 nitrogen and oxygen atoms in total. The first kappa shape index (κ1) is 38.8. The zero-order chi connectivity index (χ0) is 38.7. The Bertz CT molecular complexity index is 1920. The van der Waals surface area contributed by atoms with Crippen molar-refractivity contribution in [3.05, 3.63) is 92.5 Å². The van der Waals surface area contributed by atoms with E-state index >= 15 is 0 Å². The number of carbonyl (C=O) groups excluding carboxylic acids is 1. The molecule has 1 heterocycles. The van der Waals surface area contributed by atoms with Gasteiger partial charge in [0.25, 0.3) is 0 Å². The van der Waals surface area contributed by atoms with E-state index in [9.17, 15) is 54.2 Å². The van der Waals surface area contributed by atoms with Gasteiger partial charge in [0.15, 0.2) is 0 Å². The van der Waals surface area contributed by atoms with E-state index in [0.29, 0.717) is 42.5 Å². The number of benzene rings is 3. The van der Waals surface area contributed by atoms with Crippen molar-refractivity contribution in [1.82, 2.24) is 4.90 Å². The van der Waals surface area contributed by atoms with Gasteiger partial charge in [0.05, 0.1) is 35.4 Å². The minimum atomic E-state index is -5.13. The number of amides is 1. The number of hydrogen-bond donors (Lipinski definition) is 1. The maximum Gasteiger partial charge on any atom is 0.417 e. The molecule has 0 spiro atoms. The maximum atomic E-state index is 14.5.